The largest absolute Gasteiger partial charge is 0.461 e. The number of hydrogen-bond acceptors (Lipinski definition) is 5. The van der Waals surface area contributed by atoms with E-state index in [9.17, 15) is 9.59 Å². The van der Waals surface area contributed by atoms with Crippen LogP contribution in [0.5, 0.6) is 0 Å². The van der Waals surface area contributed by atoms with Crippen molar-refractivity contribution in [1.82, 2.24) is 5.32 Å². The first-order chi connectivity index (χ1) is 11.4. The molecule has 6 heteroatoms. The molecule has 2 unspecified atom stereocenters. The summed E-state index contributed by atoms with van der Waals surface area (Å²) >= 11 is 0. The molecule has 1 aromatic rings. The lowest BCUT2D eigenvalue weighted by Crippen LogP contribution is -2.43. The van der Waals surface area contributed by atoms with E-state index in [1.165, 1.54) is 0 Å². The van der Waals surface area contributed by atoms with Gasteiger partial charge in [0.1, 0.15) is 18.8 Å². The van der Waals surface area contributed by atoms with Crippen molar-refractivity contribution in [2.75, 3.05) is 0 Å². The molecule has 6 nitrogen and oxygen atoms in total. The average Bonchev–Trinajstić information content (AvgIpc) is 2.53. The van der Waals surface area contributed by atoms with Gasteiger partial charge in [0.2, 0.25) is 0 Å². The number of hydrogen-bond donors (Lipinski definition) is 1. The maximum atomic E-state index is 12.1. The van der Waals surface area contributed by atoms with Gasteiger partial charge in [-0.2, -0.15) is 0 Å². The molecule has 2 rings (SSSR count). The predicted molar refractivity (Wildman–Crippen MR) is 88.3 cm³/mol. The van der Waals surface area contributed by atoms with Gasteiger partial charge < -0.3 is 19.5 Å². The van der Waals surface area contributed by atoms with Crippen molar-refractivity contribution in [3.05, 3.63) is 35.9 Å². The topological polar surface area (TPSA) is 73.9 Å². The summed E-state index contributed by atoms with van der Waals surface area (Å²) in [6, 6.07) is 8.58. The van der Waals surface area contributed by atoms with Crippen LogP contribution in [-0.2, 0) is 25.6 Å². The van der Waals surface area contributed by atoms with Crippen LogP contribution in [0.4, 0.5) is 4.79 Å². The van der Waals surface area contributed by atoms with E-state index in [4.69, 9.17) is 14.2 Å². The van der Waals surface area contributed by atoms with E-state index in [-0.39, 0.29) is 24.9 Å². The molecule has 1 aromatic carbocycles. The Morgan fingerprint density at radius 2 is 1.83 bits per heavy atom. The highest BCUT2D eigenvalue weighted by Crippen LogP contribution is 2.21. The third-order valence-corrected chi connectivity index (χ3v) is 3.84. The van der Waals surface area contributed by atoms with Crippen LogP contribution >= 0.6 is 0 Å². The highest BCUT2D eigenvalue weighted by atomic mass is 16.6. The van der Waals surface area contributed by atoms with Gasteiger partial charge in [-0.3, -0.25) is 0 Å². The van der Waals surface area contributed by atoms with Gasteiger partial charge in [-0.05, 0) is 26.3 Å². The van der Waals surface area contributed by atoms with E-state index in [2.05, 4.69) is 5.32 Å². The molecule has 0 aliphatic carbocycles. The molecule has 3 atom stereocenters. The lowest BCUT2D eigenvalue weighted by atomic mass is 10.0. The second kappa shape index (κ2) is 8.68. The van der Waals surface area contributed by atoms with E-state index in [1.807, 2.05) is 44.2 Å². The number of alkyl carbamates (subject to hydrolysis) is 1. The maximum absolute atomic E-state index is 12.1. The first kappa shape index (κ1) is 18.3. The molecule has 0 radical (unpaired) electrons. The van der Waals surface area contributed by atoms with Crippen molar-refractivity contribution >= 4 is 12.1 Å². The lowest BCUT2D eigenvalue weighted by molar-refractivity contribution is -0.161. The van der Waals surface area contributed by atoms with Crippen LogP contribution in [0, 0.1) is 0 Å². The molecule has 1 N–H and O–H groups in total. The quantitative estimate of drug-likeness (QED) is 0.838. The number of carbonyl (C=O) groups is 2. The number of benzene rings is 1. The Hall–Kier alpha value is -2.08. The van der Waals surface area contributed by atoms with Gasteiger partial charge in [-0.15, -0.1) is 0 Å². The zero-order chi connectivity index (χ0) is 17.5. The fraction of sp³-hybridized carbons (Fsp3) is 0.556. The van der Waals surface area contributed by atoms with Gasteiger partial charge in [0.15, 0.2) is 0 Å². The first-order valence-electron chi connectivity index (χ1n) is 8.27. The van der Waals surface area contributed by atoms with Gasteiger partial charge in [0.05, 0.1) is 12.2 Å². The highest BCUT2D eigenvalue weighted by molar-refractivity contribution is 5.81. The molecule has 1 saturated heterocycles. The van der Waals surface area contributed by atoms with Crippen LogP contribution in [0.2, 0.25) is 0 Å². The number of nitrogens with one attached hydrogen (secondary N) is 1. The third-order valence-electron chi connectivity index (χ3n) is 3.84. The Morgan fingerprint density at radius 1 is 1.21 bits per heavy atom. The van der Waals surface area contributed by atoms with Crippen molar-refractivity contribution in [2.45, 2.75) is 64.6 Å². The second-order valence-electron chi connectivity index (χ2n) is 6.22. The molecule has 132 valence electrons. The summed E-state index contributed by atoms with van der Waals surface area (Å²) < 4.78 is 16.2. The minimum atomic E-state index is -0.762. The van der Waals surface area contributed by atoms with Crippen LogP contribution in [0.15, 0.2) is 30.3 Å². The zero-order valence-corrected chi connectivity index (χ0v) is 14.4. The van der Waals surface area contributed by atoms with Crippen molar-refractivity contribution < 1.29 is 23.8 Å². The average molecular weight is 335 g/mol. The Morgan fingerprint density at radius 3 is 2.46 bits per heavy atom. The van der Waals surface area contributed by atoms with Gasteiger partial charge in [0, 0.05) is 12.8 Å². The number of ether oxygens (including phenoxy) is 3. The van der Waals surface area contributed by atoms with Crippen LogP contribution in [0.25, 0.3) is 0 Å². The molecule has 0 bridgehead atoms. The molecule has 0 saturated carbocycles. The molecule has 1 heterocycles. The first-order valence-corrected chi connectivity index (χ1v) is 8.27. The minimum Gasteiger partial charge on any atom is -0.461 e. The van der Waals surface area contributed by atoms with E-state index in [0.717, 1.165) is 5.56 Å². The highest BCUT2D eigenvalue weighted by Gasteiger charge is 2.29. The summed E-state index contributed by atoms with van der Waals surface area (Å²) in [6.07, 6.45) is 0.636. The van der Waals surface area contributed by atoms with Crippen LogP contribution < -0.4 is 5.32 Å². The summed E-state index contributed by atoms with van der Waals surface area (Å²) in [6.45, 7) is 5.65. The van der Waals surface area contributed by atoms with Crippen LogP contribution in [-0.4, -0.2) is 36.4 Å². The van der Waals surface area contributed by atoms with Crippen LogP contribution in [0.1, 0.15) is 39.2 Å². The molecular formula is C18H25NO5. The Bertz CT molecular complexity index is 538. The second-order valence-corrected chi connectivity index (χ2v) is 6.22. The van der Waals surface area contributed by atoms with Crippen molar-refractivity contribution in [2.24, 2.45) is 0 Å². The summed E-state index contributed by atoms with van der Waals surface area (Å²) in [7, 11) is 0. The fourth-order valence-corrected chi connectivity index (χ4v) is 2.71. The Kier molecular flexibility index (Phi) is 6.61. The van der Waals surface area contributed by atoms with E-state index in [1.54, 1.807) is 6.92 Å². The van der Waals surface area contributed by atoms with E-state index in [0.29, 0.717) is 12.8 Å². The van der Waals surface area contributed by atoms with Gasteiger partial charge in [-0.1, -0.05) is 30.3 Å². The van der Waals surface area contributed by atoms with Crippen molar-refractivity contribution in [3.63, 3.8) is 0 Å². The Balaban J connectivity index is 1.73. The molecule has 1 aliphatic heterocycles. The zero-order valence-electron chi connectivity index (χ0n) is 14.4. The molecular weight excluding hydrogens is 310 g/mol. The van der Waals surface area contributed by atoms with E-state index >= 15 is 0 Å². The number of carbonyl (C=O) groups excluding carboxylic acids is 2. The van der Waals surface area contributed by atoms with Crippen molar-refractivity contribution in [3.8, 4) is 0 Å². The Labute approximate surface area is 142 Å². The standard InChI is InChI=1S/C18H25NO5/c1-12-9-16(10-13(2)23-12)24-17(20)14(3)19-18(21)22-11-15-7-5-4-6-8-15/h4-8,12-14,16H,9-11H2,1-3H3,(H,19,21)/t12?,13?,14-,16?/m0/s1. The van der Waals surface area contributed by atoms with Crippen molar-refractivity contribution in [1.29, 1.82) is 0 Å². The van der Waals surface area contributed by atoms with Gasteiger partial charge in [-0.25, -0.2) is 9.59 Å². The molecule has 1 aliphatic rings. The molecule has 24 heavy (non-hydrogen) atoms. The minimum absolute atomic E-state index is 0.0608. The third kappa shape index (κ3) is 5.85. The predicted octanol–water partition coefficient (Wildman–Crippen LogP) is 2.80. The summed E-state index contributed by atoms with van der Waals surface area (Å²) in [5.41, 5.74) is 0.882. The summed E-state index contributed by atoms with van der Waals surface area (Å²) in [5.74, 6) is -0.460. The lowest BCUT2D eigenvalue weighted by Gasteiger charge is -2.32. The number of amides is 1. The monoisotopic (exact) mass is 335 g/mol. The number of esters is 1. The molecule has 1 fully saturated rings. The molecule has 0 aromatic heterocycles. The van der Waals surface area contributed by atoms with Crippen LogP contribution in [0.3, 0.4) is 0 Å². The smallest absolute Gasteiger partial charge is 0.408 e. The van der Waals surface area contributed by atoms with Gasteiger partial charge in [0.25, 0.3) is 0 Å². The normalized spacial score (nSPS) is 24.7. The number of rotatable bonds is 5. The molecule has 1 amide bonds. The SMILES string of the molecule is CC1CC(OC(=O)[C@H](C)NC(=O)OCc2ccccc2)CC(C)O1. The fourth-order valence-electron chi connectivity index (χ4n) is 2.71. The maximum Gasteiger partial charge on any atom is 0.408 e. The van der Waals surface area contributed by atoms with E-state index < -0.39 is 18.1 Å². The summed E-state index contributed by atoms with van der Waals surface area (Å²) in [4.78, 5) is 23.9. The van der Waals surface area contributed by atoms with Gasteiger partial charge >= 0.3 is 12.1 Å². The molecule has 0 spiro atoms. The summed E-state index contributed by atoms with van der Waals surface area (Å²) in [5, 5.41) is 2.49.